The summed E-state index contributed by atoms with van der Waals surface area (Å²) in [5, 5.41) is 0. The molecule has 0 aliphatic heterocycles. The van der Waals surface area contributed by atoms with Crippen LogP contribution in [0.15, 0.2) is 30.7 Å². The zero-order chi connectivity index (χ0) is 13.2. The summed E-state index contributed by atoms with van der Waals surface area (Å²) in [6.45, 7) is 2.95. The molecule has 2 aromatic rings. The van der Waals surface area contributed by atoms with E-state index >= 15 is 0 Å². The van der Waals surface area contributed by atoms with E-state index in [9.17, 15) is 0 Å². The standard InChI is InChI=1S/C16H21N3/c1-12-5-4-8-18-16(12)11-19-9-13-6-2-3-7-15(17)14(13)10-19/h4-5,8-10,15H,2-3,6-7,11,17H2,1H3. The molecule has 1 aliphatic carbocycles. The lowest BCUT2D eigenvalue weighted by molar-refractivity contribution is 0.609. The average Bonchev–Trinajstić information content (AvgIpc) is 2.73. The molecule has 100 valence electrons. The summed E-state index contributed by atoms with van der Waals surface area (Å²) in [6.07, 6.45) is 11.1. The van der Waals surface area contributed by atoms with Gasteiger partial charge in [0, 0.05) is 24.6 Å². The van der Waals surface area contributed by atoms with E-state index < -0.39 is 0 Å². The van der Waals surface area contributed by atoms with Gasteiger partial charge < -0.3 is 10.3 Å². The molecular formula is C16H21N3. The molecule has 0 radical (unpaired) electrons. The van der Waals surface area contributed by atoms with Crippen LogP contribution < -0.4 is 5.73 Å². The number of hydrogen-bond acceptors (Lipinski definition) is 2. The number of pyridine rings is 1. The summed E-state index contributed by atoms with van der Waals surface area (Å²) in [5.74, 6) is 0. The Hall–Kier alpha value is -1.61. The van der Waals surface area contributed by atoms with E-state index in [-0.39, 0.29) is 6.04 Å². The Kier molecular flexibility index (Phi) is 3.38. The maximum Gasteiger partial charge on any atom is 0.0645 e. The average molecular weight is 255 g/mol. The van der Waals surface area contributed by atoms with Gasteiger partial charge in [-0.3, -0.25) is 4.98 Å². The minimum atomic E-state index is 0.212. The van der Waals surface area contributed by atoms with Crippen molar-refractivity contribution in [1.29, 1.82) is 0 Å². The van der Waals surface area contributed by atoms with E-state index in [1.54, 1.807) is 0 Å². The highest BCUT2D eigenvalue weighted by Crippen LogP contribution is 2.28. The number of fused-ring (bicyclic) bond motifs is 1. The Balaban J connectivity index is 1.87. The fraction of sp³-hybridized carbons (Fsp3) is 0.438. The molecule has 0 amide bonds. The molecule has 3 rings (SSSR count). The number of nitrogens with two attached hydrogens (primary N) is 1. The minimum absolute atomic E-state index is 0.212. The Morgan fingerprint density at radius 1 is 1.37 bits per heavy atom. The van der Waals surface area contributed by atoms with Crippen LogP contribution in [-0.2, 0) is 13.0 Å². The Morgan fingerprint density at radius 3 is 3.11 bits per heavy atom. The number of rotatable bonds is 2. The molecule has 1 aliphatic rings. The predicted octanol–water partition coefficient (Wildman–Crippen LogP) is 2.97. The topological polar surface area (TPSA) is 43.8 Å². The van der Waals surface area contributed by atoms with Crippen LogP contribution in [0.3, 0.4) is 0 Å². The second kappa shape index (κ2) is 5.17. The van der Waals surface area contributed by atoms with Gasteiger partial charge in [0.25, 0.3) is 0 Å². The van der Waals surface area contributed by atoms with Gasteiger partial charge in [0.05, 0.1) is 12.2 Å². The van der Waals surface area contributed by atoms with E-state index in [2.05, 4.69) is 34.9 Å². The molecule has 0 saturated carbocycles. The maximum atomic E-state index is 6.25. The van der Waals surface area contributed by atoms with Gasteiger partial charge in [-0.1, -0.05) is 12.5 Å². The van der Waals surface area contributed by atoms with Gasteiger partial charge >= 0.3 is 0 Å². The van der Waals surface area contributed by atoms with E-state index in [0.29, 0.717) is 0 Å². The van der Waals surface area contributed by atoms with Crippen molar-refractivity contribution >= 4 is 0 Å². The maximum absolute atomic E-state index is 6.25. The normalized spacial score (nSPS) is 18.9. The number of nitrogens with zero attached hydrogens (tertiary/aromatic N) is 2. The summed E-state index contributed by atoms with van der Waals surface area (Å²) in [6, 6.07) is 4.31. The Morgan fingerprint density at radius 2 is 2.26 bits per heavy atom. The van der Waals surface area contributed by atoms with Crippen LogP contribution in [0.2, 0.25) is 0 Å². The van der Waals surface area contributed by atoms with Crippen molar-refractivity contribution in [2.45, 2.75) is 45.2 Å². The van der Waals surface area contributed by atoms with E-state index in [4.69, 9.17) is 5.73 Å². The molecular weight excluding hydrogens is 234 g/mol. The van der Waals surface area contributed by atoms with E-state index in [1.807, 2.05) is 12.3 Å². The summed E-state index contributed by atoms with van der Waals surface area (Å²) in [4.78, 5) is 4.47. The fourth-order valence-electron chi connectivity index (χ4n) is 2.90. The second-order valence-electron chi connectivity index (χ2n) is 5.53. The van der Waals surface area contributed by atoms with Crippen molar-refractivity contribution in [3.05, 3.63) is 53.1 Å². The van der Waals surface area contributed by atoms with Crippen LogP contribution in [0, 0.1) is 6.92 Å². The molecule has 2 N–H and O–H groups in total. The Bertz CT molecular complexity index is 571. The Labute approximate surface area is 114 Å². The van der Waals surface area contributed by atoms with Crippen LogP contribution in [0.5, 0.6) is 0 Å². The third kappa shape index (κ3) is 2.56. The highest BCUT2D eigenvalue weighted by molar-refractivity contribution is 5.30. The van der Waals surface area contributed by atoms with Crippen molar-refractivity contribution in [3.8, 4) is 0 Å². The second-order valence-corrected chi connectivity index (χ2v) is 5.53. The van der Waals surface area contributed by atoms with Gasteiger partial charge in [0.1, 0.15) is 0 Å². The summed E-state index contributed by atoms with van der Waals surface area (Å²) in [5.41, 5.74) is 11.4. The van der Waals surface area contributed by atoms with Crippen molar-refractivity contribution < 1.29 is 0 Å². The quantitative estimate of drug-likeness (QED) is 0.838. The minimum Gasteiger partial charge on any atom is -0.348 e. The molecule has 1 unspecified atom stereocenters. The van der Waals surface area contributed by atoms with Crippen molar-refractivity contribution in [3.63, 3.8) is 0 Å². The van der Waals surface area contributed by atoms with Gasteiger partial charge in [0.2, 0.25) is 0 Å². The number of aryl methyl sites for hydroxylation is 2. The fourth-order valence-corrected chi connectivity index (χ4v) is 2.90. The smallest absolute Gasteiger partial charge is 0.0645 e. The van der Waals surface area contributed by atoms with Crippen LogP contribution >= 0.6 is 0 Å². The van der Waals surface area contributed by atoms with Crippen molar-refractivity contribution in [1.82, 2.24) is 9.55 Å². The van der Waals surface area contributed by atoms with Crippen molar-refractivity contribution in [2.75, 3.05) is 0 Å². The van der Waals surface area contributed by atoms with Gasteiger partial charge in [-0.25, -0.2) is 0 Å². The largest absolute Gasteiger partial charge is 0.348 e. The van der Waals surface area contributed by atoms with Crippen molar-refractivity contribution in [2.24, 2.45) is 5.73 Å². The molecule has 1 atom stereocenters. The zero-order valence-electron chi connectivity index (χ0n) is 11.5. The van der Waals surface area contributed by atoms with Crippen LogP contribution in [0.4, 0.5) is 0 Å². The highest BCUT2D eigenvalue weighted by Gasteiger charge is 2.17. The molecule has 0 saturated heterocycles. The molecule has 2 aromatic heterocycles. The first-order valence-electron chi connectivity index (χ1n) is 7.08. The highest BCUT2D eigenvalue weighted by atomic mass is 15.0. The lowest BCUT2D eigenvalue weighted by atomic mass is 10.1. The summed E-state index contributed by atoms with van der Waals surface area (Å²) >= 11 is 0. The molecule has 0 fully saturated rings. The number of hydrogen-bond donors (Lipinski definition) is 1. The first-order valence-corrected chi connectivity index (χ1v) is 7.08. The summed E-state index contributed by atoms with van der Waals surface area (Å²) in [7, 11) is 0. The number of aromatic nitrogens is 2. The van der Waals surface area contributed by atoms with Gasteiger partial charge in [-0.2, -0.15) is 0 Å². The third-order valence-electron chi connectivity index (χ3n) is 4.06. The molecule has 0 aromatic carbocycles. The molecule has 0 bridgehead atoms. The van der Waals surface area contributed by atoms with E-state index in [1.165, 1.54) is 29.5 Å². The molecule has 2 heterocycles. The van der Waals surface area contributed by atoms with E-state index in [0.717, 1.165) is 25.1 Å². The first kappa shape index (κ1) is 12.4. The first-order chi connectivity index (χ1) is 9.24. The van der Waals surface area contributed by atoms with Crippen LogP contribution in [0.25, 0.3) is 0 Å². The molecule has 0 spiro atoms. The van der Waals surface area contributed by atoms with Crippen LogP contribution in [-0.4, -0.2) is 9.55 Å². The zero-order valence-corrected chi connectivity index (χ0v) is 11.5. The van der Waals surface area contributed by atoms with Gasteiger partial charge in [-0.05, 0) is 48.9 Å². The molecule has 3 heteroatoms. The monoisotopic (exact) mass is 255 g/mol. The summed E-state index contributed by atoms with van der Waals surface area (Å²) < 4.78 is 2.24. The van der Waals surface area contributed by atoms with Gasteiger partial charge in [0.15, 0.2) is 0 Å². The molecule has 3 nitrogen and oxygen atoms in total. The third-order valence-corrected chi connectivity index (χ3v) is 4.06. The predicted molar refractivity (Wildman–Crippen MR) is 77.0 cm³/mol. The van der Waals surface area contributed by atoms with Gasteiger partial charge in [-0.15, -0.1) is 0 Å². The SMILES string of the molecule is Cc1cccnc1Cn1cc2c(c1)C(N)CCCC2. The molecule has 19 heavy (non-hydrogen) atoms. The lowest BCUT2D eigenvalue weighted by Gasteiger charge is -2.08. The van der Waals surface area contributed by atoms with Crippen LogP contribution in [0.1, 0.15) is 47.7 Å². The lowest BCUT2D eigenvalue weighted by Crippen LogP contribution is -2.09.